The van der Waals surface area contributed by atoms with Crippen LogP contribution in [0.4, 0.5) is 5.13 Å². The zero-order valence-electron chi connectivity index (χ0n) is 13.6. The van der Waals surface area contributed by atoms with E-state index >= 15 is 0 Å². The number of rotatable bonds is 5. The summed E-state index contributed by atoms with van der Waals surface area (Å²) in [6.45, 7) is 0. The molecule has 0 unspecified atom stereocenters. The molecule has 0 saturated heterocycles. The zero-order chi connectivity index (χ0) is 17.9. The highest BCUT2D eigenvalue weighted by Crippen LogP contribution is 2.25. The number of para-hydroxylation sites is 1. The Morgan fingerprint density at radius 1 is 1.15 bits per heavy atom. The molecule has 7 heteroatoms. The Hall–Kier alpha value is -2.70. The van der Waals surface area contributed by atoms with Crippen LogP contribution in [-0.4, -0.2) is 16.0 Å². The van der Waals surface area contributed by atoms with Gasteiger partial charge in [-0.1, -0.05) is 47.1 Å². The average molecular weight is 384 g/mol. The molecular weight excluding hydrogens is 370 g/mol. The van der Waals surface area contributed by atoms with Crippen molar-refractivity contribution in [1.29, 1.82) is 0 Å². The van der Waals surface area contributed by atoms with Crippen LogP contribution >= 0.6 is 22.9 Å². The first kappa shape index (κ1) is 16.8. The first-order valence-corrected chi connectivity index (χ1v) is 9.20. The Morgan fingerprint density at radius 2 is 1.96 bits per heavy atom. The number of anilines is 1. The smallest absolute Gasteiger partial charge is 0.232 e. The summed E-state index contributed by atoms with van der Waals surface area (Å²) >= 11 is 7.63. The maximum absolute atomic E-state index is 12.3. The van der Waals surface area contributed by atoms with Gasteiger partial charge in [0.1, 0.15) is 5.69 Å². The first-order valence-electron chi connectivity index (χ1n) is 8.00. The number of aromatic nitrogens is 2. The fourth-order valence-corrected chi connectivity index (χ4v) is 3.71. The third kappa shape index (κ3) is 3.61. The minimum atomic E-state index is -0.178. The van der Waals surface area contributed by atoms with Crippen LogP contribution in [0.1, 0.15) is 16.1 Å². The topological polar surface area (TPSA) is 68.0 Å². The summed E-state index contributed by atoms with van der Waals surface area (Å²) in [6, 6.07) is 15.2. The maximum Gasteiger partial charge on any atom is 0.232 e. The van der Waals surface area contributed by atoms with Gasteiger partial charge in [-0.05, 0) is 23.8 Å². The Bertz CT molecular complexity index is 1070. The molecule has 0 fully saturated rings. The summed E-state index contributed by atoms with van der Waals surface area (Å²) in [5, 5.41) is 8.93. The number of hydrogen-bond donors (Lipinski definition) is 1. The summed E-state index contributed by atoms with van der Waals surface area (Å²) < 4.78 is 5.23. The normalized spacial score (nSPS) is 11.0. The van der Waals surface area contributed by atoms with E-state index in [1.54, 1.807) is 6.20 Å². The molecule has 1 N–H and O–H groups in total. The minimum Gasteiger partial charge on any atom is -0.356 e. The number of thiazole rings is 1. The Morgan fingerprint density at radius 3 is 2.85 bits per heavy atom. The molecule has 0 saturated carbocycles. The van der Waals surface area contributed by atoms with Crippen LogP contribution in [0, 0.1) is 0 Å². The number of carbonyl (C=O) groups is 1. The lowest BCUT2D eigenvalue weighted by Crippen LogP contribution is -2.14. The van der Waals surface area contributed by atoms with Gasteiger partial charge in [0.2, 0.25) is 5.91 Å². The lowest BCUT2D eigenvalue weighted by Gasteiger charge is -2.01. The van der Waals surface area contributed by atoms with E-state index in [4.69, 9.17) is 16.1 Å². The molecule has 1 amide bonds. The zero-order valence-corrected chi connectivity index (χ0v) is 15.2. The van der Waals surface area contributed by atoms with E-state index in [1.165, 1.54) is 11.3 Å². The quantitative estimate of drug-likeness (QED) is 0.542. The van der Waals surface area contributed by atoms with E-state index < -0.39 is 0 Å². The highest BCUT2D eigenvalue weighted by molar-refractivity contribution is 7.15. The molecule has 2 aromatic heterocycles. The molecule has 130 valence electrons. The number of carbonyl (C=O) groups excluding carboxylic acids is 1. The number of hydrogen-bond acceptors (Lipinski definition) is 5. The van der Waals surface area contributed by atoms with E-state index in [0.29, 0.717) is 22.8 Å². The third-order valence-electron chi connectivity index (χ3n) is 3.90. The largest absolute Gasteiger partial charge is 0.356 e. The summed E-state index contributed by atoms with van der Waals surface area (Å²) in [5.74, 6) is -0.178. The van der Waals surface area contributed by atoms with Crippen LogP contribution in [0.15, 0.2) is 59.3 Å². The lowest BCUT2D eigenvalue weighted by atomic mass is 10.1. The highest BCUT2D eigenvalue weighted by Gasteiger charge is 2.14. The van der Waals surface area contributed by atoms with Crippen LogP contribution < -0.4 is 5.32 Å². The van der Waals surface area contributed by atoms with E-state index in [2.05, 4.69) is 15.5 Å². The van der Waals surface area contributed by atoms with Crippen molar-refractivity contribution in [2.45, 2.75) is 12.8 Å². The predicted molar refractivity (Wildman–Crippen MR) is 103 cm³/mol. The Labute approximate surface area is 158 Å². The standard InChI is InChI=1S/C19H14ClN3O2S/c20-15-7-3-1-5-12(15)9-13-11-21-19(26-13)22-18(24)10-16-14-6-2-4-8-17(14)25-23-16/h1-8,11H,9-10H2,(H,21,22,24). The first-order chi connectivity index (χ1) is 12.7. The summed E-state index contributed by atoms with van der Waals surface area (Å²) in [7, 11) is 0. The fraction of sp³-hybridized carbons (Fsp3) is 0.105. The van der Waals surface area contributed by atoms with Gasteiger partial charge in [0, 0.05) is 27.9 Å². The molecule has 0 radical (unpaired) electrons. The molecule has 26 heavy (non-hydrogen) atoms. The van der Waals surface area contributed by atoms with Gasteiger partial charge in [-0.2, -0.15) is 0 Å². The van der Waals surface area contributed by atoms with Crippen molar-refractivity contribution < 1.29 is 9.32 Å². The monoisotopic (exact) mass is 383 g/mol. The molecule has 0 aliphatic rings. The van der Waals surface area contributed by atoms with Gasteiger partial charge < -0.3 is 9.84 Å². The summed E-state index contributed by atoms with van der Waals surface area (Å²) in [5.41, 5.74) is 2.32. The van der Waals surface area contributed by atoms with Crippen molar-refractivity contribution in [2.75, 3.05) is 5.32 Å². The van der Waals surface area contributed by atoms with Gasteiger partial charge in [0.25, 0.3) is 0 Å². The maximum atomic E-state index is 12.3. The van der Waals surface area contributed by atoms with Crippen molar-refractivity contribution in [3.05, 3.63) is 75.9 Å². The second-order valence-electron chi connectivity index (χ2n) is 5.75. The number of benzene rings is 2. The van der Waals surface area contributed by atoms with Crippen molar-refractivity contribution >= 4 is 44.9 Å². The van der Waals surface area contributed by atoms with Crippen LogP contribution in [-0.2, 0) is 17.6 Å². The molecule has 2 aromatic carbocycles. The molecule has 5 nitrogen and oxygen atoms in total. The van der Waals surface area contributed by atoms with Crippen molar-refractivity contribution in [1.82, 2.24) is 10.1 Å². The fourth-order valence-electron chi connectivity index (χ4n) is 2.66. The molecule has 2 heterocycles. The average Bonchev–Trinajstić information content (AvgIpc) is 3.24. The molecule has 0 aliphatic heterocycles. The number of fused-ring (bicyclic) bond motifs is 1. The summed E-state index contributed by atoms with van der Waals surface area (Å²) in [6.07, 6.45) is 2.58. The van der Waals surface area contributed by atoms with Crippen molar-refractivity contribution in [2.24, 2.45) is 0 Å². The minimum absolute atomic E-state index is 0.135. The van der Waals surface area contributed by atoms with Gasteiger partial charge in [0.15, 0.2) is 10.7 Å². The Balaban J connectivity index is 1.42. The van der Waals surface area contributed by atoms with Gasteiger partial charge >= 0.3 is 0 Å². The van der Waals surface area contributed by atoms with E-state index in [1.807, 2.05) is 48.5 Å². The summed E-state index contributed by atoms with van der Waals surface area (Å²) in [4.78, 5) is 17.6. The highest BCUT2D eigenvalue weighted by atomic mass is 35.5. The number of nitrogens with zero attached hydrogens (tertiary/aromatic N) is 2. The Kier molecular flexibility index (Phi) is 4.69. The van der Waals surface area contributed by atoms with Crippen LogP contribution in [0.2, 0.25) is 5.02 Å². The number of halogens is 1. The molecule has 0 bridgehead atoms. The lowest BCUT2D eigenvalue weighted by molar-refractivity contribution is -0.115. The molecule has 4 aromatic rings. The second-order valence-corrected chi connectivity index (χ2v) is 7.27. The second kappa shape index (κ2) is 7.27. The van der Waals surface area contributed by atoms with Crippen LogP contribution in [0.5, 0.6) is 0 Å². The molecular formula is C19H14ClN3O2S. The van der Waals surface area contributed by atoms with Gasteiger partial charge in [-0.3, -0.25) is 4.79 Å². The van der Waals surface area contributed by atoms with Gasteiger partial charge in [0.05, 0.1) is 6.42 Å². The van der Waals surface area contributed by atoms with E-state index in [0.717, 1.165) is 20.8 Å². The van der Waals surface area contributed by atoms with E-state index in [9.17, 15) is 4.79 Å². The SMILES string of the molecule is O=C(Cc1noc2ccccc12)Nc1ncc(Cc2ccccc2Cl)s1. The molecule has 0 atom stereocenters. The van der Waals surface area contributed by atoms with Crippen LogP contribution in [0.3, 0.4) is 0 Å². The molecule has 4 rings (SSSR count). The van der Waals surface area contributed by atoms with Gasteiger partial charge in [-0.25, -0.2) is 4.98 Å². The van der Waals surface area contributed by atoms with Crippen molar-refractivity contribution in [3.8, 4) is 0 Å². The molecule has 0 spiro atoms. The predicted octanol–water partition coefficient (Wildman–Crippen LogP) is 4.71. The number of amides is 1. The van der Waals surface area contributed by atoms with Crippen LogP contribution in [0.25, 0.3) is 11.0 Å². The third-order valence-corrected chi connectivity index (χ3v) is 5.18. The van der Waals surface area contributed by atoms with Crippen molar-refractivity contribution in [3.63, 3.8) is 0 Å². The van der Waals surface area contributed by atoms with E-state index in [-0.39, 0.29) is 12.3 Å². The number of nitrogens with one attached hydrogen (secondary N) is 1. The van der Waals surface area contributed by atoms with Gasteiger partial charge in [-0.15, -0.1) is 11.3 Å². The molecule has 0 aliphatic carbocycles.